The van der Waals surface area contributed by atoms with Gasteiger partial charge < -0.3 is 15.4 Å². The van der Waals surface area contributed by atoms with Gasteiger partial charge in [0.05, 0.1) is 25.4 Å². The highest BCUT2D eigenvalue weighted by molar-refractivity contribution is 14.0. The zero-order chi connectivity index (χ0) is 16.5. The molecule has 0 saturated heterocycles. The molecule has 0 unspecified atom stereocenters. The third-order valence-electron chi connectivity index (χ3n) is 3.53. The van der Waals surface area contributed by atoms with Gasteiger partial charge in [-0.15, -0.1) is 24.0 Å². The zero-order valence-corrected chi connectivity index (χ0v) is 16.8. The molecule has 0 saturated carbocycles. The molecular weight excluding hydrogens is 417 g/mol. The first-order chi connectivity index (χ1) is 11.2. The van der Waals surface area contributed by atoms with Crippen molar-refractivity contribution in [2.24, 2.45) is 12.0 Å². The minimum atomic E-state index is 0. The number of benzene rings is 1. The number of halogens is 1. The first-order valence-electron chi connectivity index (χ1n) is 7.79. The predicted octanol–water partition coefficient (Wildman–Crippen LogP) is 2.44. The molecule has 2 rings (SSSR count). The van der Waals surface area contributed by atoms with Crippen molar-refractivity contribution in [3.05, 3.63) is 53.3 Å². The van der Waals surface area contributed by atoms with Gasteiger partial charge in [-0.1, -0.05) is 24.3 Å². The SMILES string of the molecule is CCNC(=NCc1ccccc1COC)NCc1ccnn1C.I. The number of nitrogens with zero attached hydrogens (tertiary/aromatic N) is 3. The summed E-state index contributed by atoms with van der Waals surface area (Å²) >= 11 is 0. The number of nitrogens with one attached hydrogen (secondary N) is 2. The molecule has 0 spiro atoms. The molecule has 0 radical (unpaired) electrons. The second kappa shape index (κ2) is 11.0. The maximum atomic E-state index is 5.24. The summed E-state index contributed by atoms with van der Waals surface area (Å²) in [4.78, 5) is 4.66. The molecule has 1 aromatic heterocycles. The number of methoxy groups -OCH3 is 1. The third kappa shape index (κ3) is 6.12. The van der Waals surface area contributed by atoms with Crippen LogP contribution in [-0.2, 0) is 31.5 Å². The summed E-state index contributed by atoms with van der Waals surface area (Å²) < 4.78 is 7.09. The van der Waals surface area contributed by atoms with E-state index in [0.717, 1.165) is 18.2 Å². The maximum absolute atomic E-state index is 5.24. The summed E-state index contributed by atoms with van der Waals surface area (Å²) in [5, 5.41) is 10.8. The van der Waals surface area contributed by atoms with Gasteiger partial charge in [-0.2, -0.15) is 5.10 Å². The maximum Gasteiger partial charge on any atom is 0.191 e. The zero-order valence-electron chi connectivity index (χ0n) is 14.5. The normalized spacial score (nSPS) is 11.0. The van der Waals surface area contributed by atoms with E-state index in [1.54, 1.807) is 13.3 Å². The van der Waals surface area contributed by atoms with E-state index in [1.165, 1.54) is 11.1 Å². The number of aromatic nitrogens is 2. The summed E-state index contributed by atoms with van der Waals surface area (Å²) in [6.45, 7) is 4.77. The van der Waals surface area contributed by atoms with Crippen LogP contribution in [0.1, 0.15) is 23.7 Å². The fourth-order valence-electron chi connectivity index (χ4n) is 2.26. The number of guanidine groups is 1. The average Bonchev–Trinajstić information content (AvgIpc) is 2.97. The van der Waals surface area contributed by atoms with Crippen LogP contribution in [0.3, 0.4) is 0 Å². The first kappa shape index (κ1) is 20.4. The van der Waals surface area contributed by atoms with E-state index in [-0.39, 0.29) is 24.0 Å². The largest absolute Gasteiger partial charge is 0.380 e. The lowest BCUT2D eigenvalue weighted by atomic mass is 10.1. The van der Waals surface area contributed by atoms with E-state index in [0.29, 0.717) is 19.7 Å². The molecule has 2 aromatic rings. The number of ether oxygens (including phenoxy) is 1. The minimum Gasteiger partial charge on any atom is -0.380 e. The van der Waals surface area contributed by atoms with Crippen LogP contribution in [0.25, 0.3) is 0 Å². The topological polar surface area (TPSA) is 63.5 Å². The number of aliphatic imine (C=N–C) groups is 1. The highest BCUT2D eigenvalue weighted by Crippen LogP contribution is 2.11. The Hall–Kier alpha value is -1.61. The van der Waals surface area contributed by atoms with Crippen LogP contribution in [0.2, 0.25) is 0 Å². The Labute approximate surface area is 160 Å². The summed E-state index contributed by atoms with van der Waals surface area (Å²) in [5.74, 6) is 0.793. The third-order valence-corrected chi connectivity index (χ3v) is 3.53. The van der Waals surface area contributed by atoms with Crippen LogP contribution in [0, 0.1) is 0 Å². The van der Waals surface area contributed by atoms with Gasteiger partial charge in [0, 0.05) is 26.9 Å². The van der Waals surface area contributed by atoms with Gasteiger partial charge >= 0.3 is 0 Å². The number of hydrogen-bond acceptors (Lipinski definition) is 3. The Morgan fingerprint density at radius 2 is 1.96 bits per heavy atom. The Kier molecular flexibility index (Phi) is 9.39. The Balaban J connectivity index is 0.00000288. The van der Waals surface area contributed by atoms with E-state index in [2.05, 4.69) is 39.8 Å². The summed E-state index contributed by atoms with van der Waals surface area (Å²) in [6.07, 6.45) is 1.79. The highest BCUT2D eigenvalue weighted by Gasteiger charge is 2.03. The number of hydrogen-bond donors (Lipinski definition) is 2. The predicted molar refractivity (Wildman–Crippen MR) is 107 cm³/mol. The fraction of sp³-hybridized carbons (Fsp3) is 0.412. The second-order valence-corrected chi connectivity index (χ2v) is 5.20. The van der Waals surface area contributed by atoms with E-state index < -0.39 is 0 Å². The second-order valence-electron chi connectivity index (χ2n) is 5.20. The molecule has 24 heavy (non-hydrogen) atoms. The monoisotopic (exact) mass is 443 g/mol. The lowest BCUT2D eigenvalue weighted by Gasteiger charge is -2.12. The molecule has 0 fully saturated rings. The van der Waals surface area contributed by atoms with Gasteiger partial charge in [0.2, 0.25) is 0 Å². The van der Waals surface area contributed by atoms with E-state index in [4.69, 9.17) is 4.74 Å². The fourth-order valence-corrected chi connectivity index (χ4v) is 2.26. The Morgan fingerprint density at radius 1 is 1.21 bits per heavy atom. The molecule has 132 valence electrons. The number of rotatable bonds is 7. The summed E-state index contributed by atoms with van der Waals surface area (Å²) in [5.41, 5.74) is 3.45. The van der Waals surface area contributed by atoms with Crippen molar-refractivity contribution in [3.63, 3.8) is 0 Å². The lowest BCUT2D eigenvalue weighted by molar-refractivity contribution is 0.184. The number of aryl methyl sites for hydroxylation is 1. The molecule has 1 aromatic carbocycles. The van der Waals surface area contributed by atoms with E-state index >= 15 is 0 Å². The average molecular weight is 443 g/mol. The van der Waals surface area contributed by atoms with Gasteiger partial charge in [0.25, 0.3) is 0 Å². The van der Waals surface area contributed by atoms with Crippen molar-refractivity contribution in [3.8, 4) is 0 Å². The summed E-state index contributed by atoms with van der Waals surface area (Å²) in [7, 11) is 3.64. The van der Waals surface area contributed by atoms with Crippen LogP contribution < -0.4 is 10.6 Å². The van der Waals surface area contributed by atoms with E-state index in [1.807, 2.05) is 29.9 Å². The minimum absolute atomic E-state index is 0. The smallest absolute Gasteiger partial charge is 0.191 e. The van der Waals surface area contributed by atoms with Gasteiger partial charge in [-0.3, -0.25) is 4.68 Å². The molecule has 0 aliphatic rings. The van der Waals surface area contributed by atoms with Crippen LogP contribution in [0.15, 0.2) is 41.5 Å². The molecule has 0 aliphatic heterocycles. The molecular formula is C17H26IN5O. The van der Waals surface area contributed by atoms with Crippen molar-refractivity contribution in [2.75, 3.05) is 13.7 Å². The van der Waals surface area contributed by atoms with Crippen molar-refractivity contribution >= 4 is 29.9 Å². The van der Waals surface area contributed by atoms with Crippen molar-refractivity contribution in [2.45, 2.75) is 26.6 Å². The van der Waals surface area contributed by atoms with Crippen molar-refractivity contribution in [1.82, 2.24) is 20.4 Å². The molecule has 2 N–H and O–H groups in total. The van der Waals surface area contributed by atoms with Crippen LogP contribution in [0.4, 0.5) is 0 Å². The molecule has 7 heteroatoms. The summed E-state index contributed by atoms with van der Waals surface area (Å²) in [6, 6.07) is 10.2. The Morgan fingerprint density at radius 3 is 2.58 bits per heavy atom. The first-order valence-corrected chi connectivity index (χ1v) is 7.79. The van der Waals surface area contributed by atoms with Crippen molar-refractivity contribution in [1.29, 1.82) is 0 Å². The van der Waals surface area contributed by atoms with Crippen LogP contribution >= 0.6 is 24.0 Å². The molecule has 0 amide bonds. The molecule has 6 nitrogen and oxygen atoms in total. The lowest BCUT2D eigenvalue weighted by Crippen LogP contribution is -2.37. The van der Waals surface area contributed by atoms with Crippen LogP contribution in [0.5, 0.6) is 0 Å². The molecule has 0 aliphatic carbocycles. The Bertz CT molecular complexity index is 641. The van der Waals surface area contributed by atoms with Gasteiger partial charge in [0.1, 0.15) is 0 Å². The van der Waals surface area contributed by atoms with E-state index in [9.17, 15) is 0 Å². The molecule has 0 bridgehead atoms. The molecule has 1 heterocycles. The van der Waals surface area contributed by atoms with Gasteiger partial charge in [0.15, 0.2) is 5.96 Å². The standard InChI is InChI=1S/C17H25N5O.HI/c1-4-18-17(20-12-16-9-10-21-22(16)2)19-11-14-7-5-6-8-15(14)13-23-3;/h5-10H,4,11-13H2,1-3H3,(H2,18,19,20);1H. The molecule has 0 atom stereocenters. The van der Waals surface area contributed by atoms with Gasteiger partial charge in [-0.05, 0) is 24.1 Å². The van der Waals surface area contributed by atoms with Gasteiger partial charge in [-0.25, -0.2) is 4.99 Å². The quantitative estimate of drug-likeness (QED) is 0.392. The highest BCUT2D eigenvalue weighted by atomic mass is 127. The van der Waals surface area contributed by atoms with Crippen molar-refractivity contribution < 1.29 is 4.74 Å². The van der Waals surface area contributed by atoms with Crippen LogP contribution in [-0.4, -0.2) is 29.4 Å².